The molecule has 1 aromatic heterocycles. The number of nitrogens with zero attached hydrogens (tertiary/aromatic N) is 1. The predicted molar refractivity (Wildman–Crippen MR) is 75.8 cm³/mol. The van der Waals surface area contributed by atoms with Gasteiger partial charge in [-0.05, 0) is 30.7 Å². The van der Waals surface area contributed by atoms with Crippen molar-refractivity contribution in [3.63, 3.8) is 0 Å². The number of nitrogens with one attached hydrogen (secondary N) is 1. The van der Waals surface area contributed by atoms with Gasteiger partial charge in [0.1, 0.15) is 0 Å². The first kappa shape index (κ1) is 13.8. The Morgan fingerprint density at radius 1 is 1.37 bits per heavy atom. The van der Waals surface area contributed by atoms with Gasteiger partial charge in [0.05, 0.1) is 12.2 Å². The average molecular weight is 323 g/mol. The predicted octanol–water partition coefficient (Wildman–Crippen LogP) is 3.32. The lowest BCUT2D eigenvalue weighted by Gasteiger charge is -2.02. The Balaban J connectivity index is 1.90. The first-order chi connectivity index (χ1) is 9.19. The number of carbonyl (C=O) groups excluding carboxylic acids is 1. The van der Waals surface area contributed by atoms with Crippen molar-refractivity contribution in [1.82, 2.24) is 10.5 Å². The molecule has 1 aromatic carbocycles. The van der Waals surface area contributed by atoms with Crippen LogP contribution in [0.2, 0.25) is 0 Å². The zero-order valence-electron chi connectivity index (χ0n) is 10.6. The molecule has 0 saturated carbocycles. The lowest BCUT2D eigenvalue weighted by molar-refractivity contribution is 0.0947. The van der Waals surface area contributed by atoms with Crippen molar-refractivity contribution >= 4 is 21.8 Å². The Morgan fingerprint density at radius 3 is 2.79 bits per heavy atom. The highest BCUT2D eigenvalue weighted by Crippen LogP contribution is 2.11. The van der Waals surface area contributed by atoms with Crippen molar-refractivity contribution in [2.24, 2.45) is 0 Å². The van der Waals surface area contributed by atoms with Crippen molar-refractivity contribution < 1.29 is 9.32 Å². The van der Waals surface area contributed by atoms with E-state index in [0.717, 1.165) is 23.0 Å². The van der Waals surface area contributed by atoms with Crippen molar-refractivity contribution in [2.45, 2.75) is 26.3 Å². The van der Waals surface area contributed by atoms with E-state index in [1.54, 1.807) is 12.1 Å². The average Bonchev–Trinajstić information content (AvgIpc) is 2.85. The molecule has 2 aromatic rings. The fourth-order valence-corrected chi connectivity index (χ4v) is 1.95. The highest BCUT2D eigenvalue weighted by molar-refractivity contribution is 9.10. The number of carbonyl (C=O) groups is 1. The van der Waals surface area contributed by atoms with Gasteiger partial charge in [0.25, 0.3) is 5.91 Å². The molecule has 0 radical (unpaired) electrons. The Labute approximate surface area is 120 Å². The fourth-order valence-electron chi connectivity index (χ4n) is 1.68. The summed E-state index contributed by atoms with van der Waals surface area (Å²) < 4.78 is 6.10. The van der Waals surface area contributed by atoms with Crippen LogP contribution in [0.3, 0.4) is 0 Å². The van der Waals surface area contributed by atoms with Gasteiger partial charge < -0.3 is 9.84 Å². The maximum Gasteiger partial charge on any atom is 0.251 e. The molecular formula is C14H15BrN2O2. The molecular weight excluding hydrogens is 308 g/mol. The third-order valence-electron chi connectivity index (χ3n) is 2.64. The molecule has 0 fully saturated rings. The summed E-state index contributed by atoms with van der Waals surface area (Å²) in [6.45, 7) is 2.44. The number of halogens is 1. The van der Waals surface area contributed by atoms with Crippen LogP contribution in [0, 0.1) is 0 Å². The standard InChI is InChI=1S/C14H15BrN2O2/c1-2-3-12-8-13(19-17-12)9-16-14(18)10-4-6-11(15)7-5-10/h4-8H,2-3,9H2,1H3,(H,16,18). The Hall–Kier alpha value is -1.62. The van der Waals surface area contributed by atoms with Gasteiger partial charge in [-0.25, -0.2) is 0 Å². The lowest BCUT2D eigenvalue weighted by Crippen LogP contribution is -2.22. The topological polar surface area (TPSA) is 55.1 Å². The van der Waals surface area contributed by atoms with E-state index in [4.69, 9.17) is 4.52 Å². The number of hydrogen-bond acceptors (Lipinski definition) is 3. The maximum atomic E-state index is 11.9. The maximum absolute atomic E-state index is 11.9. The van der Waals surface area contributed by atoms with Crippen molar-refractivity contribution in [1.29, 1.82) is 0 Å². The van der Waals surface area contributed by atoms with E-state index in [0.29, 0.717) is 17.9 Å². The van der Waals surface area contributed by atoms with Crippen LogP contribution in [0.15, 0.2) is 39.3 Å². The monoisotopic (exact) mass is 322 g/mol. The largest absolute Gasteiger partial charge is 0.359 e. The number of aryl methyl sites for hydroxylation is 1. The van der Waals surface area contributed by atoms with Gasteiger partial charge in [0.2, 0.25) is 0 Å². The summed E-state index contributed by atoms with van der Waals surface area (Å²) >= 11 is 3.33. The van der Waals surface area contributed by atoms with Gasteiger partial charge in [-0.2, -0.15) is 0 Å². The molecule has 4 nitrogen and oxygen atoms in total. The highest BCUT2D eigenvalue weighted by atomic mass is 79.9. The van der Waals surface area contributed by atoms with Gasteiger partial charge in [-0.3, -0.25) is 4.79 Å². The van der Waals surface area contributed by atoms with E-state index in [1.807, 2.05) is 18.2 Å². The van der Waals surface area contributed by atoms with Gasteiger partial charge >= 0.3 is 0 Å². The van der Waals surface area contributed by atoms with Crippen LogP contribution in [0.5, 0.6) is 0 Å². The summed E-state index contributed by atoms with van der Waals surface area (Å²) in [7, 11) is 0. The number of amides is 1. The van der Waals surface area contributed by atoms with E-state index in [-0.39, 0.29) is 5.91 Å². The third-order valence-corrected chi connectivity index (χ3v) is 3.17. The minimum absolute atomic E-state index is 0.124. The second kappa shape index (κ2) is 6.52. The molecule has 1 amide bonds. The summed E-state index contributed by atoms with van der Waals surface area (Å²) in [4.78, 5) is 11.9. The molecule has 1 N–H and O–H groups in total. The van der Waals surface area contributed by atoms with Crippen LogP contribution in [0.4, 0.5) is 0 Å². The first-order valence-electron chi connectivity index (χ1n) is 6.17. The van der Waals surface area contributed by atoms with Crippen LogP contribution < -0.4 is 5.32 Å². The summed E-state index contributed by atoms with van der Waals surface area (Å²) in [6, 6.07) is 9.08. The summed E-state index contributed by atoms with van der Waals surface area (Å²) in [6.07, 6.45) is 1.92. The van der Waals surface area contributed by atoms with Crippen molar-refractivity contribution in [2.75, 3.05) is 0 Å². The minimum atomic E-state index is -0.124. The molecule has 0 saturated heterocycles. The van der Waals surface area contributed by atoms with Crippen molar-refractivity contribution in [3.8, 4) is 0 Å². The number of rotatable bonds is 5. The molecule has 5 heteroatoms. The second-order valence-corrected chi connectivity index (χ2v) is 5.14. The van der Waals surface area contributed by atoms with Crippen LogP contribution in [0.25, 0.3) is 0 Å². The quantitative estimate of drug-likeness (QED) is 0.918. The Morgan fingerprint density at radius 2 is 2.11 bits per heavy atom. The van der Waals surface area contributed by atoms with Crippen LogP contribution >= 0.6 is 15.9 Å². The molecule has 2 rings (SSSR count). The molecule has 0 bridgehead atoms. The second-order valence-electron chi connectivity index (χ2n) is 4.22. The molecule has 0 unspecified atom stereocenters. The van der Waals surface area contributed by atoms with Crippen LogP contribution in [-0.4, -0.2) is 11.1 Å². The number of aromatic nitrogens is 1. The summed E-state index contributed by atoms with van der Waals surface area (Å²) in [5.74, 6) is 0.551. The molecule has 100 valence electrons. The third kappa shape index (κ3) is 3.92. The van der Waals surface area contributed by atoms with Gasteiger partial charge in [0.15, 0.2) is 5.76 Å². The highest BCUT2D eigenvalue weighted by Gasteiger charge is 2.07. The van der Waals surface area contributed by atoms with E-state index in [1.165, 1.54) is 0 Å². The van der Waals surface area contributed by atoms with E-state index in [2.05, 4.69) is 33.3 Å². The molecule has 19 heavy (non-hydrogen) atoms. The summed E-state index contributed by atoms with van der Waals surface area (Å²) in [5.41, 5.74) is 1.55. The van der Waals surface area contributed by atoms with Crippen LogP contribution in [-0.2, 0) is 13.0 Å². The number of hydrogen-bond donors (Lipinski definition) is 1. The molecule has 0 spiro atoms. The first-order valence-corrected chi connectivity index (χ1v) is 6.96. The Kier molecular flexibility index (Phi) is 4.74. The molecule has 0 aliphatic carbocycles. The Bertz CT molecular complexity index is 549. The van der Waals surface area contributed by atoms with E-state index < -0.39 is 0 Å². The smallest absolute Gasteiger partial charge is 0.251 e. The molecule has 1 heterocycles. The van der Waals surface area contributed by atoms with Gasteiger partial charge in [0, 0.05) is 16.1 Å². The fraction of sp³-hybridized carbons (Fsp3) is 0.286. The van der Waals surface area contributed by atoms with E-state index in [9.17, 15) is 4.79 Å². The molecule has 0 atom stereocenters. The zero-order chi connectivity index (χ0) is 13.7. The van der Waals surface area contributed by atoms with Gasteiger partial charge in [-0.1, -0.05) is 34.4 Å². The molecule has 0 aliphatic rings. The number of benzene rings is 1. The minimum Gasteiger partial charge on any atom is -0.359 e. The summed E-state index contributed by atoms with van der Waals surface area (Å²) in [5, 5.41) is 6.74. The SMILES string of the molecule is CCCc1cc(CNC(=O)c2ccc(Br)cc2)on1. The lowest BCUT2D eigenvalue weighted by atomic mass is 10.2. The molecule has 0 aliphatic heterocycles. The van der Waals surface area contributed by atoms with E-state index >= 15 is 0 Å². The van der Waals surface area contributed by atoms with Crippen molar-refractivity contribution in [3.05, 3.63) is 51.8 Å². The normalized spacial score (nSPS) is 10.4. The van der Waals surface area contributed by atoms with Crippen LogP contribution in [0.1, 0.15) is 35.2 Å². The van der Waals surface area contributed by atoms with Gasteiger partial charge in [-0.15, -0.1) is 0 Å². The zero-order valence-corrected chi connectivity index (χ0v) is 12.2.